The Morgan fingerprint density at radius 2 is 1.79 bits per heavy atom. The number of nitrogens with zero attached hydrogens (tertiary/aromatic N) is 1. The Kier molecular flexibility index (Phi) is 7.05. The smallest absolute Gasteiger partial charge is 0.0206 e. The summed E-state index contributed by atoms with van der Waals surface area (Å²) >= 11 is 3.54. The van der Waals surface area contributed by atoms with E-state index in [1.165, 1.54) is 15.6 Å². The van der Waals surface area contributed by atoms with E-state index in [0.29, 0.717) is 12.1 Å². The van der Waals surface area contributed by atoms with Crippen molar-refractivity contribution in [1.82, 2.24) is 10.2 Å². The molecule has 0 aliphatic rings. The van der Waals surface area contributed by atoms with Gasteiger partial charge in [0.2, 0.25) is 0 Å². The van der Waals surface area contributed by atoms with Gasteiger partial charge in [-0.3, -0.25) is 4.90 Å². The number of nitrogens with one attached hydrogen (secondary N) is 1. The minimum absolute atomic E-state index is 0.608. The third kappa shape index (κ3) is 5.64. The minimum atomic E-state index is 0.608. The summed E-state index contributed by atoms with van der Waals surface area (Å²) in [4.78, 5) is 2.51. The molecule has 0 aliphatic heterocycles. The fourth-order valence-corrected chi connectivity index (χ4v) is 2.62. The van der Waals surface area contributed by atoms with Crippen molar-refractivity contribution in [1.29, 1.82) is 0 Å². The summed E-state index contributed by atoms with van der Waals surface area (Å²) < 4.78 is 1.18. The van der Waals surface area contributed by atoms with Crippen LogP contribution in [0.3, 0.4) is 0 Å². The lowest BCUT2D eigenvalue weighted by molar-refractivity contribution is 0.176. The molecule has 0 spiro atoms. The lowest BCUT2D eigenvalue weighted by Crippen LogP contribution is -2.41. The molecule has 0 atom stereocenters. The molecule has 1 aromatic rings. The molecule has 1 aromatic carbocycles. The number of rotatable bonds is 7. The van der Waals surface area contributed by atoms with E-state index in [-0.39, 0.29) is 0 Å². The Balaban J connectivity index is 2.36. The number of hydrogen-bond donors (Lipinski definition) is 1. The van der Waals surface area contributed by atoms with Gasteiger partial charge in [0.05, 0.1) is 0 Å². The minimum Gasteiger partial charge on any atom is -0.311 e. The van der Waals surface area contributed by atoms with Crippen LogP contribution in [-0.4, -0.2) is 30.1 Å². The number of aryl methyl sites for hydroxylation is 1. The van der Waals surface area contributed by atoms with Crippen LogP contribution in [-0.2, 0) is 6.54 Å². The van der Waals surface area contributed by atoms with Gasteiger partial charge in [0.25, 0.3) is 0 Å². The van der Waals surface area contributed by atoms with Gasteiger partial charge in [-0.25, -0.2) is 0 Å². The monoisotopic (exact) mass is 326 g/mol. The topological polar surface area (TPSA) is 15.3 Å². The van der Waals surface area contributed by atoms with Crippen LogP contribution in [0.1, 0.15) is 38.8 Å². The first-order chi connectivity index (χ1) is 8.91. The molecule has 0 saturated carbocycles. The molecule has 0 bridgehead atoms. The molecule has 0 aromatic heterocycles. The molecule has 0 saturated heterocycles. The highest BCUT2D eigenvalue weighted by Gasteiger charge is 2.11. The van der Waals surface area contributed by atoms with Gasteiger partial charge in [-0.2, -0.15) is 0 Å². The molecular formula is C16H27BrN2. The summed E-state index contributed by atoms with van der Waals surface area (Å²) in [7, 11) is 0. The molecule has 2 nitrogen and oxygen atoms in total. The van der Waals surface area contributed by atoms with Crippen molar-refractivity contribution in [3.05, 3.63) is 33.8 Å². The molecule has 1 rings (SSSR count). The van der Waals surface area contributed by atoms with Crippen LogP contribution in [0.2, 0.25) is 0 Å². The van der Waals surface area contributed by atoms with Gasteiger partial charge in [-0.1, -0.05) is 28.1 Å². The van der Waals surface area contributed by atoms with Crippen LogP contribution in [0.15, 0.2) is 22.7 Å². The predicted octanol–water partition coefficient (Wildman–Crippen LogP) is 3.97. The standard InChI is InChI=1S/C16H27BrN2/c1-12(2)19(13(3)4)9-8-18-11-15-6-7-16(17)14(5)10-15/h6-7,10,12-13,18H,8-9,11H2,1-5H3. The normalized spacial score (nSPS) is 11.8. The molecule has 0 radical (unpaired) electrons. The zero-order valence-electron chi connectivity index (χ0n) is 12.8. The van der Waals surface area contributed by atoms with Crippen molar-refractivity contribution in [2.45, 2.75) is 53.2 Å². The van der Waals surface area contributed by atoms with Crippen molar-refractivity contribution in [2.75, 3.05) is 13.1 Å². The van der Waals surface area contributed by atoms with Gasteiger partial charge >= 0.3 is 0 Å². The second-order valence-corrected chi connectivity index (χ2v) is 6.54. The van der Waals surface area contributed by atoms with Crippen molar-refractivity contribution < 1.29 is 0 Å². The Bertz CT molecular complexity index is 380. The molecule has 108 valence electrons. The molecule has 19 heavy (non-hydrogen) atoms. The zero-order chi connectivity index (χ0) is 14.4. The first-order valence-corrected chi connectivity index (χ1v) is 7.92. The largest absolute Gasteiger partial charge is 0.311 e. The number of hydrogen-bond acceptors (Lipinski definition) is 2. The molecule has 0 unspecified atom stereocenters. The van der Waals surface area contributed by atoms with E-state index < -0.39 is 0 Å². The molecule has 3 heteroatoms. The Morgan fingerprint density at radius 1 is 1.16 bits per heavy atom. The molecule has 0 fully saturated rings. The van der Waals surface area contributed by atoms with E-state index >= 15 is 0 Å². The van der Waals surface area contributed by atoms with Gasteiger partial charge in [0.15, 0.2) is 0 Å². The molecule has 0 heterocycles. The summed E-state index contributed by atoms with van der Waals surface area (Å²) in [6.45, 7) is 14.3. The van der Waals surface area contributed by atoms with Crippen LogP contribution >= 0.6 is 15.9 Å². The van der Waals surface area contributed by atoms with Gasteiger partial charge in [-0.05, 0) is 51.8 Å². The van der Waals surface area contributed by atoms with Crippen LogP contribution in [0.5, 0.6) is 0 Å². The fraction of sp³-hybridized carbons (Fsp3) is 0.625. The van der Waals surface area contributed by atoms with Crippen LogP contribution in [0.4, 0.5) is 0 Å². The average Bonchev–Trinajstić information content (AvgIpc) is 2.32. The Labute approximate surface area is 126 Å². The highest BCUT2D eigenvalue weighted by Crippen LogP contribution is 2.16. The fourth-order valence-electron chi connectivity index (χ4n) is 2.37. The second-order valence-electron chi connectivity index (χ2n) is 5.69. The van der Waals surface area contributed by atoms with Crippen molar-refractivity contribution in [3.63, 3.8) is 0 Å². The van der Waals surface area contributed by atoms with E-state index in [9.17, 15) is 0 Å². The van der Waals surface area contributed by atoms with Gasteiger partial charge in [0, 0.05) is 36.2 Å². The Hall–Kier alpha value is -0.380. The van der Waals surface area contributed by atoms with E-state index in [2.05, 4.69) is 79.0 Å². The average molecular weight is 327 g/mol. The highest BCUT2D eigenvalue weighted by molar-refractivity contribution is 9.10. The zero-order valence-corrected chi connectivity index (χ0v) is 14.4. The summed E-state index contributed by atoms with van der Waals surface area (Å²) in [6.07, 6.45) is 0. The quantitative estimate of drug-likeness (QED) is 0.763. The summed E-state index contributed by atoms with van der Waals surface area (Å²) in [5.41, 5.74) is 2.65. The molecule has 0 aliphatic carbocycles. The van der Waals surface area contributed by atoms with Gasteiger partial charge < -0.3 is 5.32 Å². The predicted molar refractivity (Wildman–Crippen MR) is 87.6 cm³/mol. The maximum absolute atomic E-state index is 3.54. The van der Waals surface area contributed by atoms with Crippen LogP contribution in [0, 0.1) is 6.92 Å². The van der Waals surface area contributed by atoms with E-state index in [4.69, 9.17) is 0 Å². The molecule has 0 amide bonds. The third-order valence-electron chi connectivity index (χ3n) is 3.42. The van der Waals surface area contributed by atoms with E-state index in [0.717, 1.165) is 19.6 Å². The van der Waals surface area contributed by atoms with E-state index in [1.54, 1.807) is 0 Å². The SMILES string of the molecule is Cc1cc(CNCCN(C(C)C)C(C)C)ccc1Br. The lowest BCUT2D eigenvalue weighted by atomic mass is 10.1. The number of benzene rings is 1. The summed E-state index contributed by atoms with van der Waals surface area (Å²) in [6, 6.07) is 7.75. The maximum atomic E-state index is 3.54. The van der Waals surface area contributed by atoms with Crippen LogP contribution < -0.4 is 5.32 Å². The summed E-state index contributed by atoms with van der Waals surface area (Å²) in [5.74, 6) is 0. The summed E-state index contributed by atoms with van der Waals surface area (Å²) in [5, 5.41) is 3.53. The lowest BCUT2D eigenvalue weighted by Gasteiger charge is -2.30. The first-order valence-electron chi connectivity index (χ1n) is 7.13. The van der Waals surface area contributed by atoms with Gasteiger partial charge in [-0.15, -0.1) is 0 Å². The second kappa shape index (κ2) is 8.03. The third-order valence-corrected chi connectivity index (χ3v) is 4.31. The van der Waals surface area contributed by atoms with E-state index in [1.807, 2.05) is 0 Å². The van der Waals surface area contributed by atoms with Crippen LogP contribution in [0.25, 0.3) is 0 Å². The molecule has 1 N–H and O–H groups in total. The maximum Gasteiger partial charge on any atom is 0.0206 e. The van der Waals surface area contributed by atoms with Crippen molar-refractivity contribution >= 4 is 15.9 Å². The van der Waals surface area contributed by atoms with Crippen molar-refractivity contribution in [3.8, 4) is 0 Å². The number of halogens is 1. The molecular weight excluding hydrogens is 300 g/mol. The van der Waals surface area contributed by atoms with Gasteiger partial charge in [0.1, 0.15) is 0 Å². The first kappa shape index (κ1) is 16.7. The Morgan fingerprint density at radius 3 is 2.32 bits per heavy atom. The highest BCUT2D eigenvalue weighted by atomic mass is 79.9. The van der Waals surface area contributed by atoms with Crippen molar-refractivity contribution in [2.24, 2.45) is 0 Å².